The molecule has 1 heterocycles. The van der Waals surface area contributed by atoms with Crippen molar-refractivity contribution in [3.05, 3.63) is 36.7 Å². The van der Waals surface area contributed by atoms with Crippen LogP contribution in [-0.2, 0) is 4.79 Å². The number of nitrogens with one attached hydrogen (secondary N) is 1. The van der Waals surface area contributed by atoms with E-state index >= 15 is 0 Å². The van der Waals surface area contributed by atoms with E-state index in [9.17, 15) is 4.79 Å². The number of carbonyl (C=O) groups is 1. The van der Waals surface area contributed by atoms with Crippen molar-refractivity contribution in [1.82, 2.24) is 5.32 Å². The Bertz CT molecular complexity index is 274. The maximum Gasteiger partial charge on any atom is 0.151 e. The van der Waals surface area contributed by atoms with Crippen LogP contribution in [0.2, 0.25) is 0 Å². The summed E-state index contributed by atoms with van der Waals surface area (Å²) in [5.41, 5.74) is 0. The van der Waals surface area contributed by atoms with Crippen molar-refractivity contribution >= 4 is 6.29 Å². The Labute approximate surface area is 99.2 Å². The Morgan fingerprint density at radius 2 is 1.59 bits per heavy atom. The normalized spacial score (nSPS) is 18.1. The second-order valence-corrected chi connectivity index (χ2v) is 3.14. The van der Waals surface area contributed by atoms with E-state index in [1.807, 2.05) is 36.7 Å². The maximum absolute atomic E-state index is 9.76. The van der Waals surface area contributed by atoms with Gasteiger partial charge in [-0.25, -0.2) is 0 Å². The van der Waals surface area contributed by atoms with E-state index < -0.39 is 24.9 Å². The third-order valence-corrected chi connectivity index (χ3v) is 1.79. The van der Waals surface area contributed by atoms with Crippen molar-refractivity contribution in [2.24, 2.45) is 0 Å². The molecule has 1 aliphatic heterocycles. The molecule has 6 nitrogen and oxygen atoms in total. The molecule has 0 radical (unpaired) electrons. The van der Waals surface area contributed by atoms with Gasteiger partial charge >= 0.3 is 0 Å². The second kappa shape index (κ2) is 9.73. The van der Waals surface area contributed by atoms with Crippen LogP contribution in [0.1, 0.15) is 0 Å². The van der Waals surface area contributed by atoms with Crippen LogP contribution >= 0.6 is 0 Å². The summed E-state index contributed by atoms with van der Waals surface area (Å²) in [5.74, 6) is 0. The number of hydrogen-bond acceptors (Lipinski definition) is 6. The van der Waals surface area contributed by atoms with Crippen LogP contribution in [0.5, 0.6) is 0 Å². The van der Waals surface area contributed by atoms with Crippen molar-refractivity contribution in [2.75, 3.05) is 6.61 Å². The molecule has 17 heavy (non-hydrogen) atoms. The predicted octanol–water partition coefficient (Wildman–Crippen LogP) is -1.57. The number of carbonyl (C=O) groups excluding carboxylic acids is 1. The summed E-state index contributed by atoms with van der Waals surface area (Å²) in [5, 5.41) is 37.0. The van der Waals surface area contributed by atoms with E-state index in [-0.39, 0.29) is 6.29 Å². The van der Waals surface area contributed by atoms with E-state index in [4.69, 9.17) is 20.4 Å². The largest absolute Gasteiger partial charge is 0.394 e. The van der Waals surface area contributed by atoms with E-state index in [1.165, 1.54) is 0 Å². The van der Waals surface area contributed by atoms with Gasteiger partial charge in [0.1, 0.15) is 18.3 Å². The number of aliphatic hydroxyl groups is 4. The highest BCUT2D eigenvalue weighted by atomic mass is 16.4. The van der Waals surface area contributed by atoms with Gasteiger partial charge < -0.3 is 30.5 Å². The summed E-state index contributed by atoms with van der Waals surface area (Å²) in [6, 6.07) is 0. The lowest BCUT2D eigenvalue weighted by atomic mass is 10.1. The topological polar surface area (TPSA) is 110 Å². The highest BCUT2D eigenvalue weighted by Gasteiger charge is 2.22. The van der Waals surface area contributed by atoms with Gasteiger partial charge in [0.05, 0.1) is 6.61 Å². The molecule has 0 aromatic carbocycles. The number of rotatable bonds is 4. The van der Waals surface area contributed by atoms with Crippen LogP contribution in [0, 0.1) is 0 Å². The molecule has 0 aliphatic carbocycles. The molecule has 5 N–H and O–H groups in total. The van der Waals surface area contributed by atoms with Crippen LogP contribution < -0.4 is 5.32 Å². The molecule has 96 valence electrons. The fourth-order valence-electron chi connectivity index (χ4n) is 0.822. The molecule has 0 bridgehead atoms. The predicted molar refractivity (Wildman–Crippen MR) is 61.7 cm³/mol. The van der Waals surface area contributed by atoms with Gasteiger partial charge in [-0.2, -0.15) is 0 Å². The number of aliphatic hydroxyl groups excluding tert-OH is 4. The van der Waals surface area contributed by atoms with E-state index in [0.29, 0.717) is 0 Å². The average Bonchev–Trinajstić information content (AvgIpc) is 2.68. The molecule has 0 amide bonds. The SMILES string of the molecule is C1=CC=CNC=C1.O=CC(O)C(O)C(O)CO. The lowest BCUT2D eigenvalue weighted by molar-refractivity contribution is -0.127. The van der Waals surface area contributed by atoms with Crippen molar-refractivity contribution in [1.29, 1.82) is 0 Å². The lowest BCUT2D eigenvalue weighted by Gasteiger charge is -2.16. The Balaban J connectivity index is 0.000000318. The number of hydrogen-bond donors (Lipinski definition) is 5. The standard InChI is InChI=1S/C6H7N.C5H10O5/c1-2-4-6-7-5-3-1;6-1-3(8)5(10)4(9)2-7/h1-7H;1,3-5,7-10H,2H2. The molecule has 6 heteroatoms. The van der Waals surface area contributed by atoms with Gasteiger partial charge in [-0.15, -0.1) is 0 Å². The third-order valence-electron chi connectivity index (χ3n) is 1.79. The molecule has 0 saturated carbocycles. The zero-order valence-corrected chi connectivity index (χ0v) is 9.18. The van der Waals surface area contributed by atoms with Crippen LogP contribution in [0.15, 0.2) is 36.7 Å². The molecule has 0 aromatic heterocycles. The lowest BCUT2D eigenvalue weighted by Crippen LogP contribution is -2.40. The Morgan fingerprint density at radius 3 is 2.00 bits per heavy atom. The Kier molecular flexibility index (Phi) is 8.89. The molecular weight excluding hydrogens is 226 g/mol. The minimum Gasteiger partial charge on any atom is -0.394 e. The number of aldehydes is 1. The van der Waals surface area contributed by atoms with Gasteiger partial charge in [-0.1, -0.05) is 12.2 Å². The highest BCUT2D eigenvalue weighted by molar-refractivity contribution is 5.56. The first-order valence-electron chi connectivity index (χ1n) is 4.98. The van der Waals surface area contributed by atoms with Gasteiger partial charge in [-0.3, -0.25) is 0 Å². The Hall–Kier alpha value is -1.47. The van der Waals surface area contributed by atoms with E-state index in [2.05, 4.69) is 5.32 Å². The molecule has 0 saturated heterocycles. The zero-order valence-electron chi connectivity index (χ0n) is 9.18. The van der Waals surface area contributed by atoms with E-state index in [1.54, 1.807) is 0 Å². The average molecular weight is 243 g/mol. The molecular formula is C11H17NO5. The fourth-order valence-corrected chi connectivity index (χ4v) is 0.822. The first-order chi connectivity index (χ1) is 8.13. The third kappa shape index (κ3) is 7.42. The van der Waals surface area contributed by atoms with Gasteiger partial charge in [0.2, 0.25) is 0 Å². The summed E-state index contributed by atoms with van der Waals surface area (Å²) < 4.78 is 0. The molecule has 1 rings (SSSR count). The summed E-state index contributed by atoms with van der Waals surface area (Å²) >= 11 is 0. The van der Waals surface area contributed by atoms with Crippen LogP contribution in [0.3, 0.4) is 0 Å². The van der Waals surface area contributed by atoms with Gasteiger partial charge in [0.25, 0.3) is 0 Å². The van der Waals surface area contributed by atoms with Crippen LogP contribution in [-0.4, -0.2) is 51.6 Å². The smallest absolute Gasteiger partial charge is 0.151 e. The Morgan fingerprint density at radius 1 is 1.06 bits per heavy atom. The first-order valence-corrected chi connectivity index (χ1v) is 4.98. The zero-order chi connectivity index (χ0) is 13.1. The summed E-state index contributed by atoms with van der Waals surface area (Å²) in [6.07, 6.45) is 6.95. The summed E-state index contributed by atoms with van der Waals surface area (Å²) in [6.45, 7) is -0.688. The second-order valence-electron chi connectivity index (χ2n) is 3.14. The van der Waals surface area contributed by atoms with Crippen molar-refractivity contribution < 1.29 is 25.2 Å². The maximum atomic E-state index is 9.76. The minimum absolute atomic E-state index is 0.0869. The van der Waals surface area contributed by atoms with E-state index in [0.717, 1.165) is 0 Å². The highest BCUT2D eigenvalue weighted by Crippen LogP contribution is 1.96. The van der Waals surface area contributed by atoms with Crippen molar-refractivity contribution in [3.63, 3.8) is 0 Å². The molecule has 3 atom stereocenters. The molecule has 0 spiro atoms. The molecule has 3 unspecified atom stereocenters. The summed E-state index contributed by atoms with van der Waals surface area (Å²) in [7, 11) is 0. The van der Waals surface area contributed by atoms with Gasteiger partial charge in [0, 0.05) is 12.4 Å². The van der Waals surface area contributed by atoms with Crippen molar-refractivity contribution in [2.45, 2.75) is 18.3 Å². The van der Waals surface area contributed by atoms with Gasteiger partial charge in [0.15, 0.2) is 6.29 Å². The first kappa shape index (κ1) is 15.5. The fraction of sp³-hybridized carbons (Fsp3) is 0.364. The summed E-state index contributed by atoms with van der Waals surface area (Å²) in [4.78, 5) is 9.76. The molecule has 0 aromatic rings. The molecule has 0 fully saturated rings. The van der Waals surface area contributed by atoms with Crippen molar-refractivity contribution in [3.8, 4) is 0 Å². The van der Waals surface area contributed by atoms with Gasteiger partial charge in [-0.05, 0) is 12.2 Å². The molecule has 1 aliphatic rings. The number of allylic oxidation sites excluding steroid dienone is 4. The monoisotopic (exact) mass is 243 g/mol. The van der Waals surface area contributed by atoms with Crippen LogP contribution in [0.4, 0.5) is 0 Å². The minimum atomic E-state index is -1.64. The van der Waals surface area contributed by atoms with Crippen LogP contribution in [0.25, 0.3) is 0 Å². The quantitative estimate of drug-likeness (QED) is 0.382.